The van der Waals surface area contributed by atoms with Crippen LogP contribution in [0, 0.1) is 0 Å². The fourth-order valence-corrected chi connectivity index (χ4v) is 6.89. The minimum atomic E-state index is -1.14. The maximum absolute atomic E-state index is 4.72. The summed E-state index contributed by atoms with van der Waals surface area (Å²) < 4.78 is 4.11. The minimum absolute atomic E-state index is 0.528. The first kappa shape index (κ1) is 26.3. The van der Waals surface area contributed by atoms with Crippen LogP contribution in [-0.4, -0.2) is 20.6 Å². The van der Waals surface area contributed by atoms with Crippen molar-refractivity contribution in [3.05, 3.63) is 94.5 Å². The highest BCUT2D eigenvalue weighted by Crippen LogP contribution is 2.33. The number of benzene rings is 3. The molecule has 3 aromatic rings. The molecule has 0 spiro atoms. The van der Waals surface area contributed by atoms with Crippen molar-refractivity contribution in [2.45, 2.75) is 76.8 Å². The van der Waals surface area contributed by atoms with Crippen molar-refractivity contribution in [3.8, 4) is 0 Å². The minimum Gasteiger partial charge on any atom is -0.476 e. The van der Waals surface area contributed by atoms with Gasteiger partial charge in [-0.1, -0.05) is 107 Å². The van der Waals surface area contributed by atoms with E-state index in [1.807, 2.05) is 24.4 Å². The SMILES string of the molecule is CCc1c(C=Nc2ccccc2)cccc1C[CH2][Al]([CH2]C)[NH]c1c(C(C)C)cccc1C(C)C. The van der Waals surface area contributed by atoms with Crippen molar-refractivity contribution in [1.82, 2.24) is 0 Å². The van der Waals surface area contributed by atoms with Gasteiger partial charge >= 0.3 is 14.4 Å². The highest BCUT2D eigenvalue weighted by atomic mass is 27.2. The third-order valence-electron chi connectivity index (χ3n) is 6.75. The molecule has 0 fully saturated rings. The van der Waals surface area contributed by atoms with Crippen LogP contribution in [-0.2, 0) is 12.8 Å². The monoisotopic (exact) mass is 468 g/mol. The van der Waals surface area contributed by atoms with Crippen molar-refractivity contribution in [1.29, 1.82) is 0 Å². The van der Waals surface area contributed by atoms with Gasteiger partial charge in [-0.05, 0) is 64.6 Å². The van der Waals surface area contributed by atoms with Crippen LogP contribution in [0.2, 0.25) is 10.6 Å². The zero-order chi connectivity index (χ0) is 24.5. The molecule has 0 unspecified atom stereocenters. The zero-order valence-corrected chi connectivity index (χ0v) is 23.1. The molecule has 2 nitrogen and oxygen atoms in total. The fourth-order valence-electron chi connectivity index (χ4n) is 4.73. The van der Waals surface area contributed by atoms with Crippen LogP contribution in [0.5, 0.6) is 0 Å². The number of rotatable bonds is 11. The van der Waals surface area contributed by atoms with Crippen LogP contribution in [0.4, 0.5) is 11.4 Å². The van der Waals surface area contributed by atoms with Crippen molar-refractivity contribution < 1.29 is 0 Å². The Hall–Kier alpha value is -2.34. The summed E-state index contributed by atoms with van der Waals surface area (Å²) in [6, 6.07) is 23.8. The van der Waals surface area contributed by atoms with Crippen LogP contribution in [0.1, 0.15) is 81.2 Å². The molecule has 0 aromatic heterocycles. The summed E-state index contributed by atoms with van der Waals surface area (Å²) in [6.07, 6.45) is 4.21. The van der Waals surface area contributed by atoms with Crippen LogP contribution >= 0.6 is 0 Å². The van der Waals surface area contributed by atoms with E-state index in [1.54, 1.807) is 0 Å². The molecule has 0 amide bonds. The van der Waals surface area contributed by atoms with Crippen molar-refractivity contribution in [3.63, 3.8) is 0 Å². The Morgan fingerprint density at radius 2 is 1.47 bits per heavy atom. The summed E-state index contributed by atoms with van der Waals surface area (Å²) in [6.45, 7) is 13.9. The second-order valence-electron chi connectivity index (χ2n) is 9.84. The topological polar surface area (TPSA) is 24.4 Å². The molecule has 3 heteroatoms. The Kier molecular flexibility index (Phi) is 10.00. The Balaban J connectivity index is 1.79. The fraction of sp³-hybridized carbons (Fsp3) is 0.387. The molecule has 1 N–H and O–H groups in total. The average Bonchev–Trinajstić information content (AvgIpc) is 2.85. The lowest BCUT2D eigenvalue weighted by Gasteiger charge is -2.24. The summed E-state index contributed by atoms with van der Waals surface area (Å²) in [5.41, 5.74) is 9.52. The lowest BCUT2D eigenvalue weighted by molar-refractivity contribution is 0.839. The van der Waals surface area contributed by atoms with E-state index >= 15 is 0 Å². The first-order chi connectivity index (χ1) is 16.4. The van der Waals surface area contributed by atoms with Crippen LogP contribution < -0.4 is 4.30 Å². The van der Waals surface area contributed by atoms with E-state index in [9.17, 15) is 0 Å². The van der Waals surface area contributed by atoms with Crippen molar-refractivity contribution >= 4 is 32.0 Å². The molecule has 0 aliphatic heterocycles. The zero-order valence-electron chi connectivity index (χ0n) is 21.9. The van der Waals surface area contributed by atoms with E-state index in [2.05, 4.69) is 94.4 Å². The number of hydrogen-bond acceptors (Lipinski definition) is 2. The standard InChI is InChI=1S/C17H18N.C12H18N.C2H5.Al/c1-3-14-9-8-10-15(17(14)4-2)13-18-16-11-6-5-7-12-16;1-8(2)10-6-5-7-11(9(3)4)12(10)13;1-2;/h5-13H,1,3-4H2,2H3;5-9,13H,1-4H3;1H2,2H3;/q;-1;;+1. The highest BCUT2D eigenvalue weighted by Gasteiger charge is 2.22. The average molecular weight is 469 g/mol. The number of para-hydroxylation sites is 2. The Morgan fingerprint density at radius 3 is 2.06 bits per heavy atom. The predicted octanol–water partition coefficient (Wildman–Crippen LogP) is 8.91. The highest BCUT2D eigenvalue weighted by molar-refractivity contribution is 6.62. The van der Waals surface area contributed by atoms with E-state index in [4.69, 9.17) is 4.99 Å². The molecule has 34 heavy (non-hydrogen) atoms. The maximum atomic E-state index is 4.72. The second kappa shape index (κ2) is 12.9. The van der Waals surface area contributed by atoms with Gasteiger partial charge in [0.1, 0.15) is 0 Å². The third-order valence-corrected chi connectivity index (χ3v) is 9.42. The van der Waals surface area contributed by atoms with Gasteiger partial charge in [-0.15, -0.1) is 0 Å². The molecular weight excluding hydrogens is 427 g/mol. The number of aryl methyl sites for hydroxylation is 1. The summed E-state index contributed by atoms with van der Waals surface area (Å²) in [7, 11) is 0. The van der Waals surface area contributed by atoms with Gasteiger partial charge in [-0.25, -0.2) is 0 Å². The molecule has 0 aliphatic carbocycles. The lowest BCUT2D eigenvalue weighted by Crippen LogP contribution is -2.26. The van der Waals surface area contributed by atoms with E-state index in [-0.39, 0.29) is 0 Å². The third kappa shape index (κ3) is 6.85. The van der Waals surface area contributed by atoms with E-state index in [0.29, 0.717) is 11.8 Å². The molecule has 0 aliphatic rings. The summed E-state index contributed by atoms with van der Waals surface area (Å²) in [4.78, 5) is 4.72. The Bertz CT molecular complexity index is 1040. The largest absolute Gasteiger partial charge is 0.476 e. The van der Waals surface area contributed by atoms with Gasteiger partial charge in [0.25, 0.3) is 0 Å². The summed E-state index contributed by atoms with van der Waals surface area (Å²) in [5, 5.41) is 2.51. The first-order valence-corrected chi connectivity index (χ1v) is 15.2. The van der Waals surface area contributed by atoms with Gasteiger partial charge in [-0.3, -0.25) is 4.99 Å². The normalized spacial score (nSPS) is 11.5. The van der Waals surface area contributed by atoms with Crippen molar-refractivity contribution in [2.24, 2.45) is 4.99 Å². The van der Waals surface area contributed by atoms with Crippen LogP contribution in [0.3, 0.4) is 0 Å². The molecular formula is C31H41AlN2. The lowest BCUT2D eigenvalue weighted by atomic mass is 9.93. The summed E-state index contributed by atoms with van der Waals surface area (Å²) in [5.74, 6) is 1.06. The van der Waals surface area contributed by atoms with Gasteiger partial charge in [0, 0.05) is 11.9 Å². The molecule has 3 aromatic carbocycles. The molecule has 0 heterocycles. The molecule has 3 rings (SSSR count). The maximum Gasteiger partial charge on any atom is 0.411 e. The molecule has 0 bridgehead atoms. The number of hydrogen-bond donors (Lipinski definition) is 1. The van der Waals surface area contributed by atoms with E-state index < -0.39 is 14.4 Å². The van der Waals surface area contributed by atoms with Crippen LogP contribution in [0.15, 0.2) is 71.7 Å². The van der Waals surface area contributed by atoms with Gasteiger partial charge in [-0.2, -0.15) is 0 Å². The predicted molar refractivity (Wildman–Crippen MR) is 153 cm³/mol. The molecule has 0 atom stereocenters. The second-order valence-corrected chi connectivity index (χ2v) is 12.9. The molecule has 178 valence electrons. The summed E-state index contributed by atoms with van der Waals surface area (Å²) >= 11 is -1.14. The number of nitrogens with one attached hydrogen (secondary N) is 1. The first-order valence-electron chi connectivity index (χ1n) is 13.0. The Labute approximate surface area is 212 Å². The van der Waals surface area contributed by atoms with E-state index in [1.165, 1.54) is 44.1 Å². The smallest absolute Gasteiger partial charge is 0.411 e. The Morgan fingerprint density at radius 1 is 0.824 bits per heavy atom. The van der Waals surface area contributed by atoms with E-state index in [0.717, 1.165) is 18.5 Å². The molecule has 0 radical (unpaired) electrons. The van der Waals surface area contributed by atoms with Gasteiger partial charge in [0.2, 0.25) is 0 Å². The number of aliphatic imine (C=N–C) groups is 1. The molecule has 0 saturated carbocycles. The molecule has 0 saturated heterocycles. The quantitative estimate of drug-likeness (QED) is 0.220. The van der Waals surface area contributed by atoms with Gasteiger partial charge in [0.15, 0.2) is 0 Å². The van der Waals surface area contributed by atoms with Crippen LogP contribution in [0.25, 0.3) is 0 Å². The number of nitrogens with zero attached hydrogens (tertiary/aromatic N) is 1. The number of anilines is 1. The van der Waals surface area contributed by atoms with Gasteiger partial charge in [0.05, 0.1) is 5.69 Å². The van der Waals surface area contributed by atoms with Crippen molar-refractivity contribution in [2.75, 3.05) is 4.30 Å². The van der Waals surface area contributed by atoms with Gasteiger partial charge < -0.3 is 4.30 Å².